The fraction of sp³-hybridized carbons (Fsp3) is 0.400. The van der Waals surface area contributed by atoms with Crippen molar-refractivity contribution in [1.82, 2.24) is 9.97 Å². The molecule has 0 radical (unpaired) electrons. The van der Waals surface area contributed by atoms with E-state index in [2.05, 4.69) is 15.3 Å². The molecule has 0 saturated carbocycles. The Morgan fingerprint density at radius 3 is 2.62 bits per heavy atom. The number of carbonyl (C=O) groups excluding carboxylic acids is 1. The maximum atomic E-state index is 11.9. The van der Waals surface area contributed by atoms with Crippen LogP contribution in [0.15, 0.2) is 24.3 Å². The fourth-order valence-electron chi connectivity index (χ4n) is 1.74. The van der Waals surface area contributed by atoms with Gasteiger partial charge in [-0.05, 0) is 39.8 Å². The van der Waals surface area contributed by atoms with Gasteiger partial charge in [0.1, 0.15) is 5.60 Å². The van der Waals surface area contributed by atoms with Gasteiger partial charge < -0.3 is 9.47 Å². The molecule has 0 bridgehead atoms. The number of aromatic nitrogens is 2. The highest BCUT2D eigenvalue weighted by atomic mass is 16.6. The van der Waals surface area contributed by atoms with Gasteiger partial charge in [-0.25, -0.2) is 4.79 Å². The smallest absolute Gasteiger partial charge is 0.413 e. The zero-order valence-electron chi connectivity index (χ0n) is 12.6. The third-order valence-electron chi connectivity index (χ3n) is 2.48. The Morgan fingerprint density at radius 2 is 1.95 bits per heavy atom. The molecule has 1 N–H and O–H groups in total. The van der Waals surface area contributed by atoms with Gasteiger partial charge in [0.05, 0.1) is 12.1 Å². The summed E-state index contributed by atoms with van der Waals surface area (Å²) in [6.07, 6.45) is -0.561. The molecule has 1 amide bonds. The lowest BCUT2D eigenvalue weighted by Gasteiger charge is -2.19. The Morgan fingerprint density at radius 1 is 1.24 bits per heavy atom. The van der Waals surface area contributed by atoms with Crippen molar-refractivity contribution in [2.75, 3.05) is 11.9 Å². The van der Waals surface area contributed by atoms with Gasteiger partial charge in [0, 0.05) is 5.39 Å². The number of rotatable bonds is 3. The molecule has 1 aromatic heterocycles. The molecule has 0 saturated heterocycles. The van der Waals surface area contributed by atoms with Gasteiger partial charge in [-0.1, -0.05) is 12.1 Å². The number of nitrogens with zero attached hydrogens (tertiary/aromatic N) is 2. The van der Waals surface area contributed by atoms with Crippen molar-refractivity contribution in [2.24, 2.45) is 0 Å². The largest absolute Gasteiger partial charge is 0.464 e. The van der Waals surface area contributed by atoms with Crippen LogP contribution >= 0.6 is 0 Å². The summed E-state index contributed by atoms with van der Waals surface area (Å²) < 4.78 is 10.6. The second-order valence-corrected chi connectivity index (χ2v) is 5.43. The summed E-state index contributed by atoms with van der Waals surface area (Å²) in [5.41, 5.74) is 0.123. The second kappa shape index (κ2) is 5.95. The molecule has 0 aliphatic carbocycles. The molecule has 0 aliphatic rings. The molecule has 0 unspecified atom stereocenters. The summed E-state index contributed by atoms with van der Waals surface area (Å²) in [6.45, 7) is 7.70. The summed E-state index contributed by atoms with van der Waals surface area (Å²) in [5, 5.41) is 3.38. The van der Waals surface area contributed by atoms with Gasteiger partial charge in [-0.3, -0.25) is 5.32 Å². The number of hydrogen-bond donors (Lipinski definition) is 1. The van der Waals surface area contributed by atoms with E-state index in [0.29, 0.717) is 17.9 Å². The quantitative estimate of drug-likeness (QED) is 0.937. The molecule has 0 atom stereocenters. The van der Waals surface area contributed by atoms with E-state index in [-0.39, 0.29) is 6.01 Å². The van der Waals surface area contributed by atoms with Crippen molar-refractivity contribution >= 4 is 22.8 Å². The molecule has 2 aromatic rings. The number of para-hydroxylation sites is 1. The van der Waals surface area contributed by atoms with Gasteiger partial charge in [0.2, 0.25) is 0 Å². The highest BCUT2D eigenvalue weighted by Gasteiger charge is 2.18. The Bertz CT molecular complexity index is 650. The van der Waals surface area contributed by atoms with E-state index in [0.717, 1.165) is 5.39 Å². The maximum Gasteiger partial charge on any atom is 0.413 e. The number of ether oxygens (including phenoxy) is 2. The van der Waals surface area contributed by atoms with Crippen molar-refractivity contribution in [3.8, 4) is 6.01 Å². The van der Waals surface area contributed by atoms with Crippen LogP contribution in [0.1, 0.15) is 27.7 Å². The van der Waals surface area contributed by atoms with Crippen molar-refractivity contribution < 1.29 is 14.3 Å². The van der Waals surface area contributed by atoms with Crippen molar-refractivity contribution in [3.63, 3.8) is 0 Å². The molecule has 6 nitrogen and oxygen atoms in total. The standard InChI is InChI=1S/C15H19N3O3/c1-5-20-13-16-11-9-7-6-8-10(11)12(17-13)18-14(19)21-15(2,3)4/h6-9H,5H2,1-4H3,(H,16,17,18,19). The Balaban J connectivity index is 2.34. The molecule has 21 heavy (non-hydrogen) atoms. The van der Waals surface area contributed by atoms with Gasteiger partial charge in [0.15, 0.2) is 5.82 Å². The third-order valence-corrected chi connectivity index (χ3v) is 2.48. The lowest BCUT2D eigenvalue weighted by atomic mass is 10.2. The normalized spacial score (nSPS) is 11.2. The van der Waals surface area contributed by atoms with Crippen LogP contribution in [0.25, 0.3) is 10.9 Å². The minimum absolute atomic E-state index is 0.224. The van der Waals surface area contributed by atoms with E-state index < -0.39 is 11.7 Å². The first-order valence-corrected chi connectivity index (χ1v) is 6.78. The Labute approximate surface area is 123 Å². The Kier molecular flexibility index (Phi) is 4.26. The van der Waals surface area contributed by atoms with Crippen LogP contribution in [0.2, 0.25) is 0 Å². The van der Waals surface area contributed by atoms with E-state index in [4.69, 9.17) is 9.47 Å². The van der Waals surface area contributed by atoms with Crippen LogP contribution in [0.3, 0.4) is 0 Å². The second-order valence-electron chi connectivity index (χ2n) is 5.43. The van der Waals surface area contributed by atoms with Crippen LogP contribution < -0.4 is 10.1 Å². The molecular formula is C15H19N3O3. The summed E-state index contributed by atoms with van der Waals surface area (Å²) in [6, 6.07) is 7.61. The lowest BCUT2D eigenvalue weighted by Crippen LogP contribution is -2.27. The number of hydrogen-bond acceptors (Lipinski definition) is 5. The molecule has 2 rings (SSSR count). The Hall–Kier alpha value is -2.37. The van der Waals surface area contributed by atoms with E-state index in [1.165, 1.54) is 0 Å². The van der Waals surface area contributed by atoms with Crippen LogP contribution in [-0.4, -0.2) is 28.3 Å². The van der Waals surface area contributed by atoms with Gasteiger partial charge >= 0.3 is 12.1 Å². The molecule has 0 fully saturated rings. The van der Waals surface area contributed by atoms with Gasteiger partial charge in [-0.15, -0.1) is 0 Å². The zero-order chi connectivity index (χ0) is 15.5. The average Bonchev–Trinajstić information content (AvgIpc) is 2.37. The summed E-state index contributed by atoms with van der Waals surface area (Å²) >= 11 is 0. The van der Waals surface area contributed by atoms with Crippen LogP contribution in [0, 0.1) is 0 Å². The fourth-order valence-corrected chi connectivity index (χ4v) is 1.74. The first-order chi connectivity index (χ1) is 9.89. The predicted molar refractivity (Wildman–Crippen MR) is 80.6 cm³/mol. The highest BCUT2D eigenvalue weighted by molar-refractivity contribution is 5.96. The van der Waals surface area contributed by atoms with E-state index >= 15 is 0 Å². The van der Waals surface area contributed by atoms with Crippen LogP contribution in [0.4, 0.5) is 10.6 Å². The number of nitrogens with one attached hydrogen (secondary N) is 1. The average molecular weight is 289 g/mol. The van der Waals surface area contributed by atoms with Gasteiger partial charge in [0.25, 0.3) is 0 Å². The molecule has 6 heteroatoms. The highest BCUT2D eigenvalue weighted by Crippen LogP contribution is 2.23. The van der Waals surface area contributed by atoms with Crippen LogP contribution in [-0.2, 0) is 4.74 Å². The topological polar surface area (TPSA) is 73.3 Å². The molecule has 1 heterocycles. The van der Waals surface area contributed by atoms with E-state index in [9.17, 15) is 4.79 Å². The minimum atomic E-state index is -0.574. The molecule has 0 spiro atoms. The molecule has 112 valence electrons. The SMILES string of the molecule is CCOc1nc(NC(=O)OC(C)(C)C)c2ccccc2n1. The van der Waals surface area contributed by atoms with Crippen molar-refractivity contribution in [1.29, 1.82) is 0 Å². The lowest BCUT2D eigenvalue weighted by molar-refractivity contribution is 0.0635. The predicted octanol–water partition coefficient (Wildman–Crippen LogP) is 3.38. The molecule has 1 aromatic carbocycles. The molecular weight excluding hydrogens is 270 g/mol. The number of anilines is 1. The van der Waals surface area contributed by atoms with E-state index in [1.54, 1.807) is 20.8 Å². The number of carbonyl (C=O) groups is 1. The van der Waals surface area contributed by atoms with Gasteiger partial charge in [-0.2, -0.15) is 9.97 Å². The summed E-state index contributed by atoms with van der Waals surface area (Å²) in [5.74, 6) is 0.373. The number of benzene rings is 1. The first kappa shape index (κ1) is 15.0. The van der Waals surface area contributed by atoms with Crippen LogP contribution in [0.5, 0.6) is 6.01 Å². The zero-order valence-corrected chi connectivity index (χ0v) is 12.6. The van der Waals surface area contributed by atoms with Crippen molar-refractivity contribution in [3.05, 3.63) is 24.3 Å². The maximum absolute atomic E-state index is 11.9. The third kappa shape index (κ3) is 4.05. The summed E-state index contributed by atoms with van der Waals surface area (Å²) in [4.78, 5) is 20.4. The van der Waals surface area contributed by atoms with Crippen molar-refractivity contribution in [2.45, 2.75) is 33.3 Å². The van der Waals surface area contributed by atoms with E-state index in [1.807, 2.05) is 31.2 Å². The number of amides is 1. The minimum Gasteiger partial charge on any atom is -0.464 e. The summed E-state index contributed by atoms with van der Waals surface area (Å²) in [7, 11) is 0. The molecule has 0 aliphatic heterocycles. The number of fused-ring (bicyclic) bond motifs is 1. The monoisotopic (exact) mass is 289 g/mol. The first-order valence-electron chi connectivity index (χ1n) is 6.78.